The third kappa shape index (κ3) is 3.26. The first kappa shape index (κ1) is 17.9. The van der Waals surface area contributed by atoms with Crippen LogP contribution in [0.2, 0.25) is 0 Å². The molecule has 1 aliphatic heterocycles. The predicted octanol–water partition coefficient (Wildman–Crippen LogP) is 4.26. The van der Waals surface area contributed by atoms with Crippen LogP contribution in [-0.4, -0.2) is 23.4 Å². The summed E-state index contributed by atoms with van der Waals surface area (Å²) in [7, 11) is 0. The summed E-state index contributed by atoms with van der Waals surface area (Å²) >= 11 is 1.62. The largest absolute Gasteiger partial charge is 0.338 e. The molecule has 5 nitrogen and oxygen atoms in total. The normalized spacial score (nSPS) is 17.2. The Hall–Kier alpha value is -2.91. The van der Waals surface area contributed by atoms with E-state index in [1.165, 1.54) is 4.90 Å². The molecule has 132 valence electrons. The van der Waals surface area contributed by atoms with Gasteiger partial charge in [-0.15, -0.1) is 11.3 Å². The molecular formula is C20H19N3O2S. The van der Waals surface area contributed by atoms with E-state index in [2.05, 4.69) is 11.4 Å². The van der Waals surface area contributed by atoms with Gasteiger partial charge in [-0.05, 0) is 48.1 Å². The SMILES string of the molecule is CCNC(=O)N1C(=O)CC(C)=C(C#N)C1c1cccc(-c2cccs2)c1. The maximum Gasteiger partial charge on any atom is 0.324 e. The second-order valence-corrected chi connectivity index (χ2v) is 7.03. The molecule has 1 aromatic heterocycles. The van der Waals surface area contributed by atoms with Crippen LogP contribution in [0.5, 0.6) is 0 Å². The number of nitrogens with one attached hydrogen (secondary N) is 1. The number of thiophene rings is 1. The molecule has 2 heterocycles. The van der Waals surface area contributed by atoms with Gasteiger partial charge in [-0.2, -0.15) is 5.26 Å². The average molecular weight is 365 g/mol. The van der Waals surface area contributed by atoms with Crippen molar-refractivity contribution in [2.75, 3.05) is 6.54 Å². The monoisotopic (exact) mass is 365 g/mol. The highest BCUT2D eigenvalue weighted by Gasteiger charge is 2.38. The maximum absolute atomic E-state index is 12.6. The van der Waals surface area contributed by atoms with Gasteiger partial charge < -0.3 is 5.32 Å². The molecule has 26 heavy (non-hydrogen) atoms. The molecule has 2 aromatic rings. The van der Waals surface area contributed by atoms with Crippen molar-refractivity contribution < 1.29 is 9.59 Å². The van der Waals surface area contributed by atoms with Crippen molar-refractivity contribution >= 4 is 23.3 Å². The lowest BCUT2D eigenvalue weighted by Crippen LogP contribution is -2.48. The predicted molar refractivity (Wildman–Crippen MR) is 101 cm³/mol. The molecule has 0 saturated carbocycles. The molecule has 6 heteroatoms. The Kier molecular flexibility index (Phi) is 5.19. The van der Waals surface area contributed by atoms with E-state index in [9.17, 15) is 14.9 Å². The summed E-state index contributed by atoms with van der Waals surface area (Å²) in [6.07, 6.45) is 0.0845. The fourth-order valence-electron chi connectivity index (χ4n) is 3.16. The summed E-state index contributed by atoms with van der Waals surface area (Å²) in [5, 5.41) is 14.4. The average Bonchev–Trinajstić information content (AvgIpc) is 3.16. The first-order valence-electron chi connectivity index (χ1n) is 8.40. The second kappa shape index (κ2) is 7.54. The van der Waals surface area contributed by atoms with Crippen molar-refractivity contribution in [3.05, 3.63) is 58.5 Å². The molecule has 3 rings (SSSR count). The Balaban J connectivity index is 2.12. The van der Waals surface area contributed by atoms with Crippen molar-refractivity contribution in [2.45, 2.75) is 26.3 Å². The molecule has 0 bridgehead atoms. The van der Waals surface area contributed by atoms with E-state index in [0.717, 1.165) is 16.0 Å². The molecule has 1 atom stereocenters. The molecule has 1 unspecified atom stereocenters. The zero-order chi connectivity index (χ0) is 18.7. The van der Waals surface area contributed by atoms with Crippen LogP contribution in [0.25, 0.3) is 10.4 Å². The van der Waals surface area contributed by atoms with E-state index in [1.807, 2.05) is 41.8 Å². The Morgan fingerprint density at radius 2 is 2.19 bits per heavy atom. The quantitative estimate of drug-likeness (QED) is 0.883. The summed E-state index contributed by atoms with van der Waals surface area (Å²) < 4.78 is 0. The third-order valence-electron chi connectivity index (χ3n) is 4.35. The number of urea groups is 1. The highest BCUT2D eigenvalue weighted by atomic mass is 32.1. The second-order valence-electron chi connectivity index (χ2n) is 6.09. The number of amides is 3. The van der Waals surface area contributed by atoms with Crippen LogP contribution in [0.3, 0.4) is 0 Å². The zero-order valence-corrected chi connectivity index (χ0v) is 15.5. The number of hydrogen-bond acceptors (Lipinski definition) is 4. The van der Waals surface area contributed by atoms with Crippen molar-refractivity contribution in [3.8, 4) is 16.5 Å². The lowest BCUT2D eigenvalue weighted by Gasteiger charge is -2.34. The van der Waals surface area contributed by atoms with Gasteiger partial charge in [0.05, 0.1) is 11.6 Å². The van der Waals surface area contributed by atoms with E-state index in [-0.39, 0.29) is 12.3 Å². The van der Waals surface area contributed by atoms with Crippen LogP contribution >= 0.6 is 11.3 Å². The fourth-order valence-corrected chi connectivity index (χ4v) is 3.88. The van der Waals surface area contributed by atoms with Crippen LogP contribution in [0.15, 0.2) is 52.9 Å². The molecule has 0 fully saturated rings. The first-order valence-corrected chi connectivity index (χ1v) is 9.28. The number of carbonyl (C=O) groups is 2. The highest BCUT2D eigenvalue weighted by molar-refractivity contribution is 7.13. The first-order chi connectivity index (χ1) is 12.6. The maximum atomic E-state index is 12.6. The molecule has 1 N–H and O–H groups in total. The Morgan fingerprint density at radius 1 is 1.38 bits per heavy atom. The Labute approximate surface area is 156 Å². The number of nitrogens with zero attached hydrogens (tertiary/aromatic N) is 2. The van der Waals surface area contributed by atoms with Crippen molar-refractivity contribution in [2.24, 2.45) is 0 Å². The molecule has 1 aromatic carbocycles. The lowest BCUT2D eigenvalue weighted by atomic mass is 9.88. The molecular weight excluding hydrogens is 346 g/mol. The van der Waals surface area contributed by atoms with Gasteiger partial charge in [0.25, 0.3) is 0 Å². The van der Waals surface area contributed by atoms with Crippen LogP contribution in [0, 0.1) is 11.3 Å². The number of carbonyl (C=O) groups excluding carboxylic acids is 2. The van der Waals surface area contributed by atoms with E-state index in [4.69, 9.17) is 0 Å². The molecule has 0 aliphatic carbocycles. The molecule has 1 aliphatic rings. The smallest absolute Gasteiger partial charge is 0.324 e. The highest BCUT2D eigenvalue weighted by Crippen LogP contribution is 2.38. The molecule has 3 amide bonds. The van der Waals surface area contributed by atoms with Crippen LogP contribution in [0.4, 0.5) is 4.79 Å². The zero-order valence-electron chi connectivity index (χ0n) is 14.7. The van der Waals surface area contributed by atoms with E-state index in [1.54, 1.807) is 25.2 Å². The van der Waals surface area contributed by atoms with Crippen LogP contribution in [-0.2, 0) is 4.79 Å². The summed E-state index contributed by atoms with van der Waals surface area (Å²) in [5.74, 6) is -0.293. The fraction of sp³-hybridized carbons (Fsp3) is 0.250. The standard InChI is InChI=1S/C20H19N3O2S/c1-3-22-20(25)23-18(24)10-13(2)16(12-21)19(23)15-7-4-6-14(11-15)17-8-5-9-26-17/h4-9,11,19H,3,10H2,1-2H3,(H,22,25). The molecule has 0 radical (unpaired) electrons. The van der Waals surface area contributed by atoms with Gasteiger partial charge in [0.2, 0.25) is 5.91 Å². The molecule has 0 saturated heterocycles. The number of imide groups is 1. The minimum Gasteiger partial charge on any atom is -0.338 e. The third-order valence-corrected chi connectivity index (χ3v) is 5.27. The summed E-state index contributed by atoms with van der Waals surface area (Å²) in [6, 6.07) is 12.7. The van der Waals surface area contributed by atoms with Crippen LogP contribution in [0.1, 0.15) is 31.9 Å². The summed E-state index contributed by atoms with van der Waals surface area (Å²) in [4.78, 5) is 27.4. The number of rotatable bonds is 3. The van der Waals surface area contributed by atoms with Crippen LogP contribution < -0.4 is 5.32 Å². The summed E-state index contributed by atoms with van der Waals surface area (Å²) in [6.45, 7) is 3.99. The van der Waals surface area contributed by atoms with Gasteiger partial charge >= 0.3 is 6.03 Å². The minimum absolute atomic E-state index is 0.0845. The Morgan fingerprint density at radius 3 is 2.85 bits per heavy atom. The van der Waals surface area contributed by atoms with Gasteiger partial charge in [0.15, 0.2) is 0 Å². The van der Waals surface area contributed by atoms with E-state index in [0.29, 0.717) is 17.7 Å². The van der Waals surface area contributed by atoms with Crippen molar-refractivity contribution in [1.29, 1.82) is 5.26 Å². The molecule has 0 spiro atoms. The number of benzene rings is 1. The van der Waals surface area contributed by atoms with Gasteiger partial charge in [-0.3, -0.25) is 9.69 Å². The number of hydrogen-bond donors (Lipinski definition) is 1. The number of nitriles is 1. The van der Waals surface area contributed by atoms with E-state index >= 15 is 0 Å². The lowest BCUT2D eigenvalue weighted by molar-refractivity contribution is -0.129. The van der Waals surface area contributed by atoms with Gasteiger partial charge in [-0.1, -0.05) is 24.3 Å². The van der Waals surface area contributed by atoms with E-state index < -0.39 is 12.1 Å². The summed E-state index contributed by atoms with van der Waals surface area (Å²) in [5.41, 5.74) is 2.93. The minimum atomic E-state index is -0.701. The van der Waals surface area contributed by atoms with Crippen molar-refractivity contribution in [1.82, 2.24) is 10.2 Å². The van der Waals surface area contributed by atoms with Gasteiger partial charge in [0, 0.05) is 17.8 Å². The van der Waals surface area contributed by atoms with Gasteiger partial charge in [0.1, 0.15) is 6.04 Å². The van der Waals surface area contributed by atoms with Crippen molar-refractivity contribution in [3.63, 3.8) is 0 Å². The van der Waals surface area contributed by atoms with Gasteiger partial charge in [-0.25, -0.2) is 4.79 Å². The topological polar surface area (TPSA) is 73.2 Å². The Bertz CT molecular complexity index is 909.